The standard InChI is InChI=1S/C15H23N5O/c1-4-5-6-13(16)15(21)19-12-7-11-8-18-20(10(2)3)14(11)17-9-12/h7-10,13H,4-6,16H2,1-3H3,(H,19,21). The molecule has 2 rings (SSSR count). The lowest BCUT2D eigenvalue weighted by Crippen LogP contribution is -2.35. The van der Waals surface area contributed by atoms with Crippen LogP contribution in [0.4, 0.5) is 5.69 Å². The number of carbonyl (C=O) groups excluding carboxylic acids is 1. The number of rotatable bonds is 6. The minimum Gasteiger partial charge on any atom is -0.323 e. The molecule has 1 atom stereocenters. The maximum Gasteiger partial charge on any atom is 0.241 e. The molecule has 1 amide bonds. The summed E-state index contributed by atoms with van der Waals surface area (Å²) in [5.74, 6) is -0.166. The van der Waals surface area contributed by atoms with Crippen LogP contribution in [-0.4, -0.2) is 26.7 Å². The summed E-state index contributed by atoms with van der Waals surface area (Å²) in [7, 11) is 0. The lowest BCUT2D eigenvalue weighted by atomic mass is 10.1. The second-order valence-corrected chi connectivity index (χ2v) is 5.56. The summed E-state index contributed by atoms with van der Waals surface area (Å²) in [5.41, 5.74) is 7.33. The lowest BCUT2D eigenvalue weighted by Gasteiger charge is -2.12. The van der Waals surface area contributed by atoms with Crippen molar-refractivity contribution in [2.45, 2.75) is 52.1 Å². The van der Waals surface area contributed by atoms with Gasteiger partial charge in [0.05, 0.1) is 24.1 Å². The van der Waals surface area contributed by atoms with E-state index in [4.69, 9.17) is 5.73 Å². The second-order valence-electron chi connectivity index (χ2n) is 5.56. The van der Waals surface area contributed by atoms with Crippen molar-refractivity contribution >= 4 is 22.6 Å². The molecule has 6 nitrogen and oxygen atoms in total. The summed E-state index contributed by atoms with van der Waals surface area (Å²) in [4.78, 5) is 16.4. The van der Waals surface area contributed by atoms with Crippen molar-refractivity contribution in [2.24, 2.45) is 5.73 Å². The highest BCUT2D eigenvalue weighted by Crippen LogP contribution is 2.19. The zero-order chi connectivity index (χ0) is 15.4. The number of amides is 1. The molecule has 0 saturated carbocycles. The summed E-state index contributed by atoms with van der Waals surface area (Å²) >= 11 is 0. The first-order chi connectivity index (χ1) is 10.0. The van der Waals surface area contributed by atoms with Gasteiger partial charge in [-0.1, -0.05) is 19.8 Å². The van der Waals surface area contributed by atoms with Gasteiger partial charge in [-0.15, -0.1) is 0 Å². The van der Waals surface area contributed by atoms with Gasteiger partial charge in [0.15, 0.2) is 5.65 Å². The van der Waals surface area contributed by atoms with Crippen LogP contribution in [0.3, 0.4) is 0 Å². The molecule has 0 fully saturated rings. The Bertz CT molecular complexity index is 620. The van der Waals surface area contributed by atoms with E-state index in [1.807, 2.05) is 10.7 Å². The number of hydrogen-bond acceptors (Lipinski definition) is 4. The lowest BCUT2D eigenvalue weighted by molar-refractivity contribution is -0.117. The molecule has 2 aromatic rings. The molecule has 21 heavy (non-hydrogen) atoms. The van der Waals surface area contributed by atoms with E-state index in [9.17, 15) is 4.79 Å². The molecule has 0 saturated heterocycles. The topological polar surface area (TPSA) is 85.8 Å². The van der Waals surface area contributed by atoms with Crippen molar-refractivity contribution in [1.29, 1.82) is 0 Å². The number of pyridine rings is 1. The smallest absolute Gasteiger partial charge is 0.241 e. The minimum absolute atomic E-state index is 0.166. The van der Waals surface area contributed by atoms with Crippen LogP contribution >= 0.6 is 0 Å². The summed E-state index contributed by atoms with van der Waals surface area (Å²) in [5, 5.41) is 8.03. The van der Waals surface area contributed by atoms with E-state index in [-0.39, 0.29) is 11.9 Å². The zero-order valence-corrected chi connectivity index (χ0v) is 12.8. The molecule has 2 heterocycles. The third-order valence-corrected chi connectivity index (χ3v) is 3.40. The van der Waals surface area contributed by atoms with Gasteiger partial charge >= 0.3 is 0 Å². The van der Waals surface area contributed by atoms with E-state index in [0.29, 0.717) is 12.1 Å². The van der Waals surface area contributed by atoms with Crippen molar-refractivity contribution in [1.82, 2.24) is 14.8 Å². The summed E-state index contributed by atoms with van der Waals surface area (Å²) in [6.07, 6.45) is 6.08. The summed E-state index contributed by atoms with van der Waals surface area (Å²) < 4.78 is 1.86. The number of nitrogens with zero attached hydrogens (tertiary/aromatic N) is 3. The zero-order valence-electron chi connectivity index (χ0n) is 12.8. The highest BCUT2D eigenvalue weighted by atomic mass is 16.2. The van der Waals surface area contributed by atoms with E-state index >= 15 is 0 Å². The Labute approximate surface area is 124 Å². The fourth-order valence-corrected chi connectivity index (χ4v) is 2.18. The molecule has 0 aliphatic heterocycles. The molecule has 0 aromatic carbocycles. The molecular formula is C15H23N5O. The van der Waals surface area contributed by atoms with Gasteiger partial charge < -0.3 is 11.1 Å². The maximum atomic E-state index is 12.0. The monoisotopic (exact) mass is 289 g/mol. The predicted octanol–water partition coefficient (Wildman–Crippen LogP) is 2.47. The number of anilines is 1. The van der Waals surface area contributed by atoms with Crippen LogP contribution in [0.1, 0.15) is 46.1 Å². The third-order valence-electron chi connectivity index (χ3n) is 3.40. The van der Waals surface area contributed by atoms with E-state index in [2.05, 4.69) is 36.2 Å². The molecule has 3 N–H and O–H groups in total. The Balaban J connectivity index is 2.11. The van der Waals surface area contributed by atoms with Crippen LogP contribution in [-0.2, 0) is 4.79 Å². The van der Waals surface area contributed by atoms with Crippen LogP contribution in [0, 0.1) is 0 Å². The average Bonchev–Trinajstić information content (AvgIpc) is 2.87. The number of aromatic nitrogens is 3. The molecular weight excluding hydrogens is 266 g/mol. The second kappa shape index (κ2) is 6.67. The highest BCUT2D eigenvalue weighted by molar-refractivity contribution is 5.95. The van der Waals surface area contributed by atoms with Crippen LogP contribution in [0.5, 0.6) is 0 Å². The Morgan fingerprint density at radius 2 is 2.19 bits per heavy atom. The number of nitrogens with one attached hydrogen (secondary N) is 1. The third kappa shape index (κ3) is 3.58. The van der Waals surface area contributed by atoms with Crippen molar-refractivity contribution < 1.29 is 4.79 Å². The highest BCUT2D eigenvalue weighted by Gasteiger charge is 2.14. The van der Waals surface area contributed by atoms with Crippen LogP contribution in [0.25, 0.3) is 11.0 Å². The quantitative estimate of drug-likeness (QED) is 0.855. The van der Waals surface area contributed by atoms with Gasteiger partial charge in [0.1, 0.15) is 0 Å². The number of carbonyl (C=O) groups is 1. The van der Waals surface area contributed by atoms with Crippen molar-refractivity contribution in [3.05, 3.63) is 18.5 Å². The molecule has 0 aliphatic carbocycles. The molecule has 0 aliphatic rings. The number of unbranched alkanes of at least 4 members (excludes halogenated alkanes) is 1. The fourth-order valence-electron chi connectivity index (χ4n) is 2.18. The Morgan fingerprint density at radius 3 is 2.86 bits per heavy atom. The normalized spacial score (nSPS) is 12.8. The van der Waals surface area contributed by atoms with Crippen molar-refractivity contribution in [3.8, 4) is 0 Å². The molecule has 6 heteroatoms. The Kier molecular flexibility index (Phi) is 4.90. The number of fused-ring (bicyclic) bond motifs is 1. The SMILES string of the molecule is CCCCC(N)C(=O)Nc1cnc2c(cnn2C(C)C)c1. The molecule has 0 bridgehead atoms. The first-order valence-corrected chi connectivity index (χ1v) is 7.42. The summed E-state index contributed by atoms with van der Waals surface area (Å²) in [6, 6.07) is 1.65. The molecule has 1 unspecified atom stereocenters. The Morgan fingerprint density at radius 1 is 1.43 bits per heavy atom. The van der Waals surface area contributed by atoms with E-state index < -0.39 is 6.04 Å². The first-order valence-electron chi connectivity index (χ1n) is 7.42. The van der Waals surface area contributed by atoms with Crippen LogP contribution in [0.2, 0.25) is 0 Å². The van der Waals surface area contributed by atoms with Gasteiger partial charge in [-0.05, 0) is 26.3 Å². The molecule has 2 aromatic heterocycles. The first kappa shape index (κ1) is 15.4. The fraction of sp³-hybridized carbons (Fsp3) is 0.533. The molecule has 0 spiro atoms. The van der Waals surface area contributed by atoms with Gasteiger partial charge in [0.25, 0.3) is 0 Å². The van der Waals surface area contributed by atoms with Gasteiger partial charge in [0, 0.05) is 11.4 Å². The van der Waals surface area contributed by atoms with Crippen LogP contribution in [0.15, 0.2) is 18.5 Å². The predicted molar refractivity (Wildman–Crippen MR) is 84.0 cm³/mol. The number of nitrogens with two attached hydrogens (primary N) is 1. The van der Waals surface area contributed by atoms with Crippen molar-refractivity contribution in [3.63, 3.8) is 0 Å². The maximum absolute atomic E-state index is 12.0. The van der Waals surface area contributed by atoms with Gasteiger partial charge in [-0.25, -0.2) is 9.67 Å². The minimum atomic E-state index is -0.473. The van der Waals surface area contributed by atoms with Gasteiger partial charge in [-0.2, -0.15) is 5.10 Å². The average molecular weight is 289 g/mol. The van der Waals surface area contributed by atoms with E-state index in [0.717, 1.165) is 23.9 Å². The van der Waals surface area contributed by atoms with Crippen molar-refractivity contribution in [2.75, 3.05) is 5.32 Å². The van der Waals surface area contributed by atoms with Gasteiger partial charge in [-0.3, -0.25) is 4.79 Å². The van der Waals surface area contributed by atoms with Gasteiger partial charge in [0.2, 0.25) is 5.91 Å². The van der Waals surface area contributed by atoms with E-state index in [1.165, 1.54) is 0 Å². The summed E-state index contributed by atoms with van der Waals surface area (Å²) in [6.45, 7) is 6.18. The largest absolute Gasteiger partial charge is 0.323 e. The van der Waals surface area contributed by atoms with Crippen LogP contribution < -0.4 is 11.1 Å². The van der Waals surface area contributed by atoms with E-state index in [1.54, 1.807) is 12.4 Å². The Hall–Kier alpha value is -1.95. The molecule has 114 valence electrons. The molecule has 0 radical (unpaired) electrons. The number of hydrogen-bond donors (Lipinski definition) is 2.